The molecule has 2 saturated carbocycles. The molecule has 1 N–H and O–H groups in total. The molecule has 2 bridgehead atoms. The fraction of sp³-hybridized carbons (Fsp3) is 0.864. The van der Waals surface area contributed by atoms with E-state index in [1.165, 1.54) is 51.4 Å². The van der Waals surface area contributed by atoms with Crippen LogP contribution < -0.4 is 10.2 Å². The zero-order chi connectivity index (χ0) is 19.6. The molecule has 4 heterocycles. The first kappa shape index (κ1) is 18.2. The molecule has 0 radical (unpaired) electrons. The molecule has 0 aromatic carbocycles. The van der Waals surface area contributed by atoms with Crippen molar-refractivity contribution in [3.63, 3.8) is 0 Å². The number of aromatic nitrogens is 2. The number of piperidine rings is 1. The molecule has 1 aromatic heterocycles. The number of carbonyl (C=O) groups excluding carboxylic acids is 1. The Balaban J connectivity index is 1.13. The summed E-state index contributed by atoms with van der Waals surface area (Å²) in [5, 5.41) is 7.35. The number of hydrogen-bond acceptors (Lipinski definition) is 6. The number of fused-ring (bicyclic) bond motifs is 2. The van der Waals surface area contributed by atoms with E-state index in [9.17, 15) is 4.79 Å². The fourth-order valence-corrected chi connectivity index (χ4v) is 6.95. The molecule has 7 heteroatoms. The van der Waals surface area contributed by atoms with Crippen molar-refractivity contribution in [2.45, 2.75) is 82.8 Å². The van der Waals surface area contributed by atoms with Crippen LogP contribution in [0, 0.1) is 24.2 Å². The summed E-state index contributed by atoms with van der Waals surface area (Å²) in [6, 6.07) is 2.35. The third-order valence-corrected chi connectivity index (χ3v) is 8.61. The lowest BCUT2D eigenvalue weighted by Gasteiger charge is -2.45. The summed E-state index contributed by atoms with van der Waals surface area (Å²) in [5.41, 5.74) is 0.242. The van der Waals surface area contributed by atoms with Crippen molar-refractivity contribution in [2.75, 3.05) is 24.5 Å². The molecule has 1 spiro atoms. The van der Waals surface area contributed by atoms with Gasteiger partial charge in [0.05, 0.1) is 0 Å². The summed E-state index contributed by atoms with van der Waals surface area (Å²) in [4.78, 5) is 21.8. The highest BCUT2D eigenvalue weighted by Crippen LogP contribution is 2.51. The molecule has 3 saturated heterocycles. The lowest BCUT2D eigenvalue weighted by Crippen LogP contribution is -2.51. The van der Waals surface area contributed by atoms with E-state index in [1.807, 2.05) is 6.92 Å². The first-order valence-electron chi connectivity index (χ1n) is 11.7. The number of anilines is 1. The first-order valence-corrected chi connectivity index (χ1v) is 11.7. The number of hydrogen-bond donors (Lipinski definition) is 1. The van der Waals surface area contributed by atoms with Crippen LogP contribution in [0.1, 0.15) is 63.6 Å². The Labute approximate surface area is 172 Å². The number of nitrogens with one attached hydrogen (secondary N) is 1. The number of amides is 1. The summed E-state index contributed by atoms with van der Waals surface area (Å²) in [7, 11) is 0. The zero-order valence-electron chi connectivity index (χ0n) is 17.5. The van der Waals surface area contributed by atoms with E-state index in [0.29, 0.717) is 24.0 Å². The van der Waals surface area contributed by atoms with Crippen molar-refractivity contribution >= 4 is 11.9 Å². The minimum Gasteiger partial charge on any atom is -0.352 e. The lowest BCUT2D eigenvalue weighted by atomic mass is 9.70. The van der Waals surface area contributed by atoms with Gasteiger partial charge in [0.15, 0.2) is 5.82 Å². The van der Waals surface area contributed by atoms with Crippen LogP contribution in [0.2, 0.25) is 0 Å². The van der Waals surface area contributed by atoms with Gasteiger partial charge >= 0.3 is 6.01 Å². The van der Waals surface area contributed by atoms with E-state index >= 15 is 0 Å². The summed E-state index contributed by atoms with van der Waals surface area (Å²) in [5.74, 6) is 2.53. The monoisotopic (exact) mass is 399 g/mol. The van der Waals surface area contributed by atoms with Gasteiger partial charge in [0.2, 0.25) is 5.91 Å². The number of rotatable bonds is 3. The van der Waals surface area contributed by atoms with Crippen LogP contribution in [0.15, 0.2) is 4.52 Å². The highest BCUT2D eigenvalue weighted by molar-refractivity contribution is 5.80. The molecular weight excluding hydrogens is 366 g/mol. The number of nitrogens with zero attached hydrogens (tertiary/aromatic N) is 4. The van der Waals surface area contributed by atoms with Gasteiger partial charge in [-0.25, -0.2) is 0 Å². The smallest absolute Gasteiger partial charge is 0.324 e. The van der Waals surface area contributed by atoms with E-state index in [4.69, 9.17) is 4.52 Å². The minimum absolute atomic E-state index is 0.242. The summed E-state index contributed by atoms with van der Waals surface area (Å²) < 4.78 is 5.50. The molecule has 158 valence electrons. The Morgan fingerprint density at radius 3 is 2.66 bits per heavy atom. The number of aryl methyl sites for hydroxylation is 1. The minimum atomic E-state index is 0.242. The molecular formula is C22H33N5O2. The lowest BCUT2D eigenvalue weighted by molar-refractivity contribution is -0.120. The van der Waals surface area contributed by atoms with E-state index in [-0.39, 0.29) is 5.41 Å². The van der Waals surface area contributed by atoms with E-state index in [2.05, 4.69) is 25.3 Å². The van der Waals surface area contributed by atoms with E-state index in [0.717, 1.165) is 49.7 Å². The summed E-state index contributed by atoms with van der Waals surface area (Å²) >= 11 is 0. The first-order chi connectivity index (χ1) is 14.1. The Kier molecular flexibility index (Phi) is 4.19. The van der Waals surface area contributed by atoms with Crippen molar-refractivity contribution in [2.24, 2.45) is 17.3 Å². The van der Waals surface area contributed by atoms with Gasteiger partial charge in [-0.1, -0.05) is 5.16 Å². The number of carbonyl (C=O) groups is 1. The zero-order valence-corrected chi connectivity index (χ0v) is 17.5. The average Bonchev–Trinajstić information content (AvgIpc) is 3.27. The van der Waals surface area contributed by atoms with Crippen LogP contribution in [0.3, 0.4) is 0 Å². The van der Waals surface area contributed by atoms with E-state index in [1.54, 1.807) is 0 Å². The molecule has 1 amide bonds. The summed E-state index contributed by atoms with van der Waals surface area (Å²) in [6.07, 6.45) is 10.8. The second kappa shape index (κ2) is 6.69. The van der Waals surface area contributed by atoms with Gasteiger partial charge in [-0.15, -0.1) is 0 Å². The van der Waals surface area contributed by atoms with Crippen LogP contribution in [-0.4, -0.2) is 58.7 Å². The maximum atomic E-state index is 12.2. The Morgan fingerprint density at radius 2 is 1.93 bits per heavy atom. The molecule has 6 rings (SSSR count). The largest absolute Gasteiger partial charge is 0.352 e. The molecule has 2 aliphatic carbocycles. The number of likely N-dealkylation sites (tertiary alicyclic amines) is 1. The maximum Gasteiger partial charge on any atom is 0.324 e. The van der Waals surface area contributed by atoms with Gasteiger partial charge in [-0.05, 0) is 83.2 Å². The third kappa shape index (κ3) is 3.16. The van der Waals surface area contributed by atoms with Crippen molar-refractivity contribution in [3.8, 4) is 0 Å². The van der Waals surface area contributed by atoms with Gasteiger partial charge in [0, 0.05) is 36.5 Å². The SMILES string of the molecule is Cc1noc(N2CC3CCC(N4CCC5(CC4)CC(=O)NC5C4CC4)CC2C3)n1. The predicted molar refractivity (Wildman–Crippen MR) is 108 cm³/mol. The average molecular weight is 400 g/mol. The molecule has 7 nitrogen and oxygen atoms in total. The molecule has 1 aromatic rings. The van der Waals surface area contributed by atoms with Gasteiger partial charge in [-0.2, -0.15) is 4.98 Å². The van der Waals surface area contributed by atoms with Gasteiger partial charge < -0.3 is 19.6 Å². The van der Waals surface area contributed by atoms with Gasteiger partial charge in [-0.3, -0.25) is 4.79 Å². The second-order valence-electron chi connectivity index (χ2n) is 10.5. The highest BCUT2D eigenvalue weighted by Gasteiger charge is 2.54. The van der Waals surface area contributed by atoms with Crippen LogP contribution in [0.5, 0.6) is 0 Å². The molecule has 4 atom stereocenters. The molecule has 5 fully saturated rings. The standard InChI is InChI=1S/C22H33N5O2/c1-14-23-21(29-25-14)27-13-15-2-5-17(11-18(27)10-15)26-8-6-22(7-9-26)12-19(28)24-20(22)16-3-4-16/h15-18,20H,2-13H2,1H3,(H,24,28). The van der Waals surface area contributed by atoms with E-state index < -0.39 is 0 Å². The summed E-state index contributed by atoms with van der Waals surface area (Å²) in [6.45, 7) is 5.27. The van der Waals surface area contributed by atoms with Gasteiger partial charge in [0.25, 0.3) is 0 Å². The molecule has 4 unspecified atom stereocenters. The second-order valence-corrected chi connectivity index (χ2v) is 10.5. The van der Waals surface area contributed by atoms with Crippen LogP contribution >= 0.6 is 0 Å². The van der Waals surface area contributed by atoms with Crippen LogP contribution in [-0.2, 0) is 4.79 Å². The Morgan fingerprint density at radius 1 is 1.10 bits per heavy atom. The predicted octanol–water partition coefficient (Wildman–Crippen LogP) is 2.51. The van der Waals surface area contributed by atoms with Crippen LogP contribution in [0.25, 0.3) is 0 Å². The van der Waals surface area contributed by atoms with Crippen molar-refractivity contribution in [3.05, 3.63) is 5.82 Å². The van der Waals surface area contributed by atoms with Crippen molar-refractivity contribution in [1.29, 1.82) is 0 Å². The third-order valence-electron chi connectivity index (χ3n) is 8.61. The van der Waals surface area contributed by atoms with Crippen molar-refractivity contribution < 1.29 is 9.32 Å². The Hall–Kier alpha value is -1.63. The topological polar surface area (TPSA) is 74.5 Å². The quantitative estimate of drug-likeness (QED) is 0.842. The van der Waals surface area contributed by atoms with Gasteiger partial charge in [0.1, 0.15) is 0 Å². The maximum absolute atomic E-state index is 12.2. The Bertz CT molecular complexity index is 782. The molecule has 5 aliphatic rings. The molecule has 3 aliphatic heterocycles. The van der Waals surface area contributed by atoms with Crippen molar-refractivity contribution in [1.82, 2.24) is 20.4 Å². The highest BCUT2D eigenvalue weighted by atomic mass is 16.5. The fourth-order valence-electron chi connectivity index (χ4n) is 6.95. The van der Waals surface area contributed by atoms with Crippen LogP contribution in [0.4, 0.5) is 6.01 Å². The molecule has 29 heavy (non-hydrogen) atoms. The normalized spacial score (nSPS) is 37.1.